The molecule has 0 aliphatic heterocycles. The number of amides is 1. The van der Waals surface area contributed by atoms with E-state index >= 15 is 0 Å². The van der Waals surface area contributed by atoms with Gasteiger partial charge in [-0.3, -0.25) is 9.89 Å². The van der Waals surface area contributed by atoms with Crippen molar-refractivity contribution in [2.24, 2.45) is 0 Å². The maximum absolute atomic E-state index is 13.3. The van der Waals surface area contributed by atoms with Crippen LogP contribution in [0.3, 0.4) is 0 Å². The molecule has 1 saturated carbocycles. The van der Waals surface area contributed by atoms with E-state index in [0.717, 1.165) is 47.2 Å². The zero-order valence-electron chi connectivity index (χ0n) is 21.1. The fourth-order valence-electron chi connectivity index (χ4n) is 5.30. The van der Waals surface area contributed by atoms with Gasteiger partial charge in [0.25, 0.3) is 5.91 Å². The largest absolute Gasteiger partial charge is 0.369 e. The summed E-state index contributed by atoms with van der Waals surface area (Å²) < 4.78 is 0. The highest BCUT2D eigenvalue weighted by Gasteiger charge is 2.28. The van der Waals surface area contributed by atoms with Crippen molar-refractivity contribution in [1.29, 1.82) is 0 Å². The number of pyridine rings is 1. The van der Waals surface area contributed by atoms with E-state index in [1.807, 2.05) is 19.9 Å². The second-order valence-corrected chi connectivity index (χ2v) is 10.4. The normalized spacial score (nSPS) is 18.3. The number of hydrogen-bond donors (Lipinski definition) is 2. The molecule has 0 atom stereocenters. The first-order valence-corrected chi connectivity index (χ1v) is 13.0. The van der Waals surface area contributed by atoms with Gasteiger partial charge >= 0.3 is 0 Å². The molecule has 2 heterocycles. The van der Waals surface area contributed by atoms with E-state index in [2.05, 4.69) is 51.3 Å². The van der Waals surface area contributed by atoms with Crippen molar-refractivity contribution in [3.63, 3.8) is 0 Å². The minimum Gasteiger partial charge on any atom is -0.369 e. The minimum atomic E-state index is -0.192. The van der Waals surface area contributed by atoms with Crippen LogP contribution >= 0.6 is 23.2 Å². The molecule has 0 saturated heterocycles. The average molecular weight is 518 g/mol. The molecule has 0 spiro atoms. The molecule has 188 valence electrons. The predicted octanol–water partition coefficient (Wildman–Crippen LogP) is 5.51. The van der Waals surface area contributed by atoms with Gasteiger partial charge in [0.2, 0.25) is 0 Å². The summed E-state index contributed by atoms with van der Waals surface area (Å²) in [5, 5.41) is 11.9. The third kappa shape index (κ3) is 5.27. The van der Waals surface area contributed by atoms with E-state index in [-0.39, 0.29) is 12.5 Å². The van der Waals surface area contributed by atoms with Crippen LogP contribution in [0.4, 0.5) is 5.69 Å². The Labute approximate surface area is 217 Å². The lowest BCUT2D eigenvalue weighted by Crippen LogP contribution is -2.42. The van der Waals surface area contributed by atoms with Crippen LogP contribution in [-0.4, -0.2) is 58.7 Å². The third-order valence-corrected chi connectivity index (χ3v) is 7.88. The Bertz CT molecular complexity index is 1220. The van der Waals surface area contributed by atoms with Crippen molar-refractivity contribution in [3.8, 4) is 0 Å². The Morgan fingerprint density at radius 2 is 1.83 bits per heavy atom. The van der Waals surface area contributed by atoms with Gasteiger partial charge in [0, 0.05) is 52.4 Å². The number of H-pyrrole nitrogens is 1. The molecule has 1 aromatic carbocycles. The lowest BCUT2D eigenvalue weighted by molar-refractivity contribution is 0.0950. The number of hydrogen-bond acceptors (Lipinski definition) is 5. The first-order valence-electron chi connectivity index (χ1n) is 12.2. The number of aromatic amines is 1. The van der Waals surface area contributed by atoms with Gasteiger partial charge in [-0.05, 0) is 78.2 Å². The summed E-state index contributed by atoms with van der Waals surface area (Å²) in [6, 6.07) is 4.81. The predicted molar refractivity (Wildman–Crippen MR) is 144 cm³/mol. The number of carbonyl (C=O) groups is 1. The van der Waals surface area contributed by atoms with Crippen molar-refractivity contribution in [1.82, 2.24) is 25.4 Å². The van der Waals surface area contributed by atoms with Crippen LogP contribution < -0.4 is 10.2 Å². The van der Waals surface area contributed by atoms with Crippen LogP contribution in [0.25, 0.3) is 10.9 Å². The quantitative estimate of drug-likeness (QED) is 0.404. The van der Waals surface area contributed by atoms with Crippen molar-refractivity contribution < 1.29 is 4.79 Å². The summed E-state index contributed by atoms with van der Waals surface area (Å²) in [6.07, 6.45) is 6.33. The Morgan fingerprint density at radius 3 is 2.49 bits per heavy atom. The summed E-state index contributed by atoms with van der Waals surface area (Å²) in [4.78, 5) is 22.5. The second-order valence-electron chi connectivity index (χ2n) is 9.62. The highest BCUT2D eigenvalue weighted by molar-refractivity contribution is 6.31. The molecule has 9 heteroatoms. The monoisotopic (exact) mass is 516 g/mol. The highest BCUT2D eigenvalue weighted by Crippen LogP contribution is 2.34. The Balaban J connectivity index is 1.56. The average Bonchev–Trinajstić information content (AvgIpc) is 3.32. The Morgan fingerprint density at radius 1 is 1.14 bits per heavy atom. The minimum absolute atomic E-state index is 0.192. The molecule has 1 amide bonds. The first kappa shape index (κ1) is 25.7. The molecule has 0 bridgehead atoms. The molecule has 1 aliphatic rings. The van der Waals surface area contributed by atoms with Gasteiger partial charge < -0.3 is 15.1 Å². The summed E-state index contributed by atoms with van der Waals surface area (Å²) in [5.74, 6) is -0.192. The van der Waals surface area contributed by atoms with Crippen LogP contribution in [0, 0.1) is 13.8 Å². The summed E-state index contributed by atoms with van der Waals surface area (Å²) >= 11 is 12.9. The number of halogens is 2. The molecule has 4 rings (SSSR count). The Hall–Kier alpha value is -2.35. The number of nitrogens with zero attached hydrogens (tertiary/aromatic N) is 4. The van der Waals surface area contributed by atoms with E-state index in [1.165, 1.54) is 12.8 Å². The van der Waals surface area contributed by atoms with Crippen molar-refractivity contribution in [3.05, 3.63) is 50.9 Å². The fourth-order valence-corrected chi connectivity index (χ4v) is 5.80. The van der Waals surface area contributed by atoms with Gasteiger partial charge in [-0.15, -0.1) is 0 Å². The smallest absolute Gasteiger partial charge is 0.251 e. The first-order chi connectivity index (χ1) is 16.7. The van der Waals surface area contributed by atoms with Gasteiger partial charge in [0.1, 0.15) is 5.15 Å². The van der Waals surface area contributed by atoms with Crippen LogP contribution in [0.5, 0.6) is 0 Å². The lowest BCUT2D eigenvalue weighted by Gasteiger charge is -2.40. The van der Waals surface area contributed by atoms with Gasteiger partial charge in [0.05, 0.1) is 17.4 Å². The van der Waals surface area contributed by atoms with Crippen molar-refractivity contribution in [2.45, 2.75) is 65.1 Å². The maximum Gasteiger partial charge on any atom is 0.251 e. The zero-order valence-corrected chi connectivity index (χ0v) is 22.6. The SMILES string of the molecule is CCN(c1cc(Cl)cc(C(=O)NCc2c(Cl)nc(C)c3cn[nH]c23)c1C)[C@H]1CC[C@H](N(C)C)CC1. The molecule has 7 nitrogen and oxygen atoms in total. The molecule has 0 radical (unpaired) electrons. The van der Waals surface area contributed by atoms with Gasteiger partial charge in [-0.25, -0.2) is 4.98 Å². The standard InChI is InChI=1S/C26H34Cl2N6O/c1-6-34(19-9-7-18(8-10-19)33(4)5)23-12-17(27)11-20(15(23)2)26(35)29-13-22-24-21(14-30-32-24)16(3)31-25(22)28/h11-12,14,18-19H,6-10,13H2,1-5H3,(H,29,35)(H,30,32)/t18-,19-. The third-order valence-electron chi connectivity index (χ3n) is 7.35. The molecule has 0 unspecified atom stereocenters. The number of aromatic nitrogens is 3. The van der Waals surface area contributed by atoms with Crippen LogP contribution in [0.15, 0.2) is 18.3 Å². The number of carbonyl (C=O) groups excluding carboxylic acids is 1. The van der Waals surface area contributed by atoms with E-state index in [0.29, 0.717) is 33.4 Å². The fraction of sp³-hybridized carbons (Fsp3) is 0.500. The number of anilines is 1. The molecule has 1 aliphatic carbocycles. The second kappa shape index (κ2) is 10.7. The zero-order chi connectivity index (χ0) is 25.3. The molecule has 2 aromatic heterocycles. The number of aryl methyl sites for hydroxylation is 1. The number of benzene rings is 1. The molecule has 2 N–H and O–H groups in total. The van der Waals surface area contributed by atoms with Gasteiger partial charge in [-0.2, -0.15) is 5.10 Å². The van der Waals surface area contributed by atoms with Gasteiger partial charge in [-0.1, -0.05) is 23.2 Å². The summed E-state index contributed by atoms with van der Waals surface area (Å²) in [6.45, 7) is 7.15. The summed E-state index contributed by atoms with van der Waals surface area (Å²) in [5.41, 5.74) is 4.84. The number of rotatable bonds is 7. The van der Waals surface area contributed by atoms with Crippen LogP contribution in [0.2, 0.25) is 10.2 Å². The van der Waals surface area contributed by atoms with Crippen LogP contribution in [0.1, 0.15) is 59.8 Å². The van der Waals surface area contributed by atoms with E-state index in [1.54, 1.807) is 12.3 Å². The Kier molecular flexibility index (Phi) is 7.89. The molecule has 3 aromatic rings. The van der Waals surface area contributed by atoms with Gasteiger partial charge in [0.15, 0.2) is 0 Å². The lowest BCUT2D eigenvalue weighted by atomic mass is 9.89. The highest BCUT2D eigenvalue weighted by atomic mass is 35.5. The van der Waals surface area contributed by atoms with Crippen molar-refractivity contribution >= 4 is 45.7 Å². The molecule has 1 fully saturated rings. The topological polar surface area (TPSA) is 77.1 Å². The van der Waals surface area contributed by atoms with E-state index in [9.17, 15) is 4.79 Å². The van der Waals surface area contributed by atoms with Crippen molar-refractivity contribution in [2.75, 3.05) is 25.5 Å². The summed E-state index contributed by atoms with van der Waals surface area (Å²) in [7, 11) is 4.32. The van der Waals surface area contributed by atoms with E-state index in [4.69, 9.17) is 23.2 Å². The molecule has 35 heavy (non-hydrogen) atoms. The maximum atomic E-state index is 13.3. The molecular weight excluding hydrogens is 483 g/mol. The van der Waals surface area contributed by atoms with Crippen LogP contribution in [-0.2, 0) is 6.54 Å². The number of fused-ring (bicyclic) bond motifs is 1. The number of nitrogens with one attached hydrogen (secondary N) is 2. The van der Waals surface area contributed by atoms with E-state index < -0.39 is 0 Å². The molecular formula is C26H34Cl2N6O.